The molecule has 0 saturated carbocycles. The number of hydrogen-bond acceptors (Lipinski definition) is 4. The van der Waals surface area contributed by atoms with Crippen LogP contribution in [0, 0.1) is 5.92 Å². The van der Waals surface area contributed by atoms with Crippen molar-refractivity contribution in [3.8, 4) is 0 Å². The molecule has 7 heteroatoms. The van der Waals surface area contributed by atoms with Crippen LogP contribution in [-0.2, 0) is 17.1 Å². The van der Waals surface area contributed by atoms with E-state index in [1.165, 1.54) is 21.4 Å². The van der Waals surface area contributed by atoms with Crippen molar-refractivity contribution in [2.45, 2.75) is 17.7 Å². The molecule has 1 aromatic heterocycles. The summed E-state index contributed by atoms with van der Waals surface area (Å²) in [6.07, 6.45) is 4.72. The minimum atomic E-state index is -3.36. The molecule has 0 radical (unpaired) electrons. The highest BCUT2D eigenvalue weighted by Gasteiger charge is 2.32. The maximum Gasteiger partial charge on any atom is 0.246 e. The number of nitrogens with two attached hydrogens (primary N) is 1. The second-order valence-electron chi connectivity index (χ2n) is 4.44. The number of hydrogen-bond donors (Lipinski definition) is 1. The summed E-state index contributed by atoms with van der Waals surface area (Å²) in [5.41, 5.74) is 5.50. The van der Waals surface area contributed by atoms with Gasteiger partial charge in [-0.05, 0) is 25.3 Å². The van der Waals surface area contributed by atoms with Crippen molar-refractivity contribution in [1.29, 1.82) is 0 Å². The number of nitrogens with zero attached hydrogens (tertiary/aromatic N) is 3. The molecule has 0 amide bonds. The SMILES string of the molecule is Cn1cc(S(=O)(=O)N2CCC(CCN)C2)cn1. The van der Waals surface area contributed by atoms with Gasteiger partial charge in [-0.1, -0.05) is 0 Å². The molecule has 0 aliphatic carbocycles. The molecule has 17 heavy (non-hydrogen) atoms. The van der Waals surface area contributed by atoms with E-state index in [1.807, 2.05) is 0 Å². The van der Waals surface area contributed by atoms with Gasteiger partial charge in [0.2, 0.25) is 10.0 Å². The zero-order valence-corrected chi connectivity index (χ0v) is 10.7. The minimum Gasteiger partial charge on any atom is -0.330 e. The Hall–Kier alpha value is -0.920. The van der Waals surface area contributed by atoms with E-state index in [0.717, 1.165) is 12.8 Å². The smallest absolute Gasteiger partial charge is 0.246 e. The van der Waals surface area contributed by atoms with Crippen LogP contribution in [0.2, 0.25) is 0 Å². The molecule has 1 saturated heterocycles. The molecule has 1 aromatic rings. The van der Waals surface area contributed by atoms with Gasteiger partial charge in [-0.25, -0.2) is 8.42 Å². The van der Waals surface area contributed by atoms with E-state index in [9.17, 15) is 8.42 Å². The Bertz CT molecular complexity index is 482. The molecule has 2 rings (SSSR count). The van der Waals surface area contributed by atoms with Crippen molar-refractivity contribution in [2.24, 2.45) is 18.7 Å². The van der Waals surface area contributed by atoms with Crippen molar-refractivity contribution >= 4 is 10.0 Å². The Balaban J connectivity index is 2.13. The molecule has 0 aromatic carbocycles. The molecular weight excluding hydrogens is 240 g/mol. The van der Waals surface area contributed by atoms with Crippen LogP contribution in [0.4, 0.5) is 0 Å². The number of aryl methyl sites for hydroxylation is 1. The fourth-order valence-electron chi connectivity index (χ4n) is 2.17. The average molecular weight is 258 g/mol. The molecule has 2 N–H and O–H groups in total. The lowest BCUT2D eigenvalue weighted by Crippen LogP contribution is -2.29. The molecule has 0 bridgehead atoms. The van der Waals surface area contributed by atoms with Crippen LogP contribution in [0.5, 0.6) is 0 Å². The third kappa shape index (κ3) is 2.51. The van der Waals surface area contributed by atoms with E-state index in [2.05, 4.69) is 5.10 Å². The summed E-state index contributed by atoms with van der Waals surface area (Å²) in [5, 5.41) is 3.90. The van der Waals surface area contributed by atoms with Gasteiger partial charge < -0.3 is 5.73 Å². The third-order valence-corrected chi connectivity index (χ3v) is 4.96. The van der Waals surface area contributed by atoms with Crippen molar-refractivity contribution in [1.82, 2.24) is 14.1 Å². The highest BCUT2D eigenvalue weighted by molar-refractivity contribution is 7.89. The number of aromatic nitrogens is 2. The zero-order valence-electron chi connectivity index (χ0n) is 9.91. The van der Waals surface area contributed by atoms with Crippen LogP contribution in [0.3, 0.4) is 0 Å². The summed E-state index contributed by atoms with van der Waals surface area (Å²) in [6.45, 7) is 1.78. The van der Waals surface area contributed by atoms with E-state index in [-0.39, 0.29) is 4.90 Å². The third-order valence-electron chi connectivity index (χ3n) is 3.14. The summed E-state index contributed by atoms with van der Waals surface area (Å²) in [7, 11) is -1.65. The monoisotopic (exact) mass is 258 g/mol. The molecule has 1 aliphatic rings. The van der Waals surface area contributed by atoms with Crippen molar-refractivity contribution < 1.29 is 8.42 Å². The fourth-order valence-corrected chi connectivity index (χ4v) is 3.68. The van der Waals surface area contributed by atoms with Gasteiger partial charge in [0.1, 0.15) is 4.90 Å². The second kappa shape index (κ2) is 4.75. The molecule has 0 spiro atoms. The first-order valence-electron chi connectivity index (χ1n) is 5.73. The predicted molar refractivity (Wildman–Crippen MR) is 63.7 cm³/mol. The van der Waals surface area contributed by atoms with Gasteiger partial charge in [-0.15, -0.1) is 0 Å². The van der Waals surface area contributed by atoms with Gasteiger partial charge in [0.25, 0.3) is 0 Å². The predicted octanol–water partition coefficient (Wildman–Crippen LogP) is -0.220. The maximum atomic E-state index is 12.2. The van der Waals surface area contributed by atoms with Gasteiger partial charge in [0.05, 0.1) is 6.20 Å². The zero-order chi connectivity index (χ0) is 12.5. The Morgan fingerprint density at radius 1 is 1.59 bits per heavy atom. The number of rotatable bonds is 4. The van der Waals surface area contributed by atoms with Gasteiger partial charge in [0, 0.05) is 26.3 Å². The molecule has 6 nitrogen and oxygen atoms in total. The quantitative estimate of drug-likeness (QED) is 0.809. The lowest BCUT2D eigenvalue weighted by atomic mass is 10.1. The molecule has 1 aliphatic heterocycles. The maximum absolute atomic E-state index is 12.2. The topological polar surface area (TPSA) is 81.2 Å². The second-order valence-corrected chi connectivity index (χ2v) is 6.38. The summed E-state index contributed by atoms with van der Waals surface area (Å²) < 4.78 is 27.5. The van der Waals surface area contributed by atoms with Crippen molar-refractivity contribution in [3.05, 3.63) is 12.4 Å². The Kier molecular flexibility index (Phi) is 3.50. The lowest BCUT2D eigenvalue weighted by molar-refractivity contribution is 0.448. The summed E-state index contributed by atoms with van der Waals surface area (Å²) in [6, 6.07) is 0. The Labute approximate surface area is 101 Å². The van der Waals surface area contributed by atoms with Crippen LogP contribution in [0.25, 0.3) is 0 Å². The van der Waals surface area contributed by atoms with Gasteiger partial charge in [-0.2, -0.15) is 9.40 Å². The van der Waals surface area contributed by atoms with Crippen LogP contribution >= 0.6 is 0 Å². The Morgan fingerprint density at radius 2 is 2.35 bits per heavy atom. The van der Waals surface area contributed by atoms with Gasteiger partial charge >= 0.3 is 0 Å². The summed E-state index contributed by atoms with van der Waals surface area (Å²) in [4.78, 5) is 0.272. The van der Waals surface area contributed by atoms with Crippen LogP contribution in [0.1, 0.15) is 12.8 Å². The van der Waals surface area contributed by atoms with Gasteiger partial charge in [-0.3, -0.25) is 4.68 Å². The van der Waals surface area contributed by atoms with Crippen LogP contribution < -0.4 is 5.73 Å². The molecule has 1 atom stereocenters. The Morgan fingerprint density at radius 3 is 2.94 bits per heavy atom. The van der Waals surface area contributed by atoms with E-state index in [0.29, 0.717) is 25.6 Å². The van der Waals surface area contributed by atoms with Crippen LogP contribution in [0.15, 0.2) is 17.3 Å². The highest BCUT2D eigenvalue weighted by atomic mass is 32.2. The molecule has 96 valence electrons. The van der Waals surface area contributed by atoms with E-state index in [4.69, 9.17) is 5.73 Å². The molecular formula is C10H18N4O2S. The molecule has 2 heterocycles. The fraction of sp³-hybridized carbons (Fsp3) is 0.700. The van der Waals surface area contributed by atoms with Crippen molar-refractivity contribution in [2.75, 3.05) is 19.6 Å². The molecule has 1 fully saturated rings. The summed E-state index contributed by atoms with van der Waals surface area (Å²) >= 11 is 0. The largest absolute Gasteiger partial charge is 0.330 e. The van der Waals surface area contributed by atoms with Gasteiger partial charge in [0.15, 0.2) is 0 Å². The normalized spacial score (nSPS) is 22.1. The van der Waals surface area contributed by atoms with Crippen molar-refractivity contribution in [3.63, 3.8) is 0 Å². The first kappa shape index (κ1) is 12.5. The summed E-state index contributed by atoms with van der Waals surface area (Å²) in [5.74, 6) is 0.395. The van der Waals surface area contributed by atoms with E-state index < -0.39 is 10.0 Å². The first-order chi connectivity index (χ1) is 8.04. The standard InChI is InChI=1S/C10H18N4O2S/c1-13-8-10(6-12-13)17(15,16)14-5-3-9(7-14)2-4-11/h6,8-9H,2-5,7,11H2,1H3. The van der Waals surface area contributed by atoms with E-state index in [1.54, 1.807) is 7.05 Å². The van der Waals surface area contributed by atoms with Crippen LogP contribution in [-0.4, -0.2) is 42.1 Å². The minimum absolute atomic E-state index is 0.272. The molecule has 1 unspecified atom stereocenters. The first-order valence-corrected chi connectivity index (χ1v) is 7.17. The average Bonchev–Trinajstić information content (AvgIpc) is 2.88. The lowest BCUT2D eigenvalue weighted by Gasteiger charge is -2.15. The number of sulfonamides is 1. The van der Waals surface area contributed by atoms with E-state index >= 15 is 0 Å². The highest BCUT2D eigenvalue weighted by Crippen LogP contribution is 2.25.